The summed E-state index contributed by atoms with van der Waals surface area (Å²) < 4.78 is 0. The molecule has 0 radical (unpaired) electrons. The lowest BCUT2D eigenvalue weighted by molar-refractivity contribution is -0.142. The third kappa shape index (κ3) is 4.49. The minimum absolute atomic E-state index is 0.108. The molecule has 0 fully saturated rings. The second-order valence-electron chi connectivity index (χ2n) is 5.16. The number of carboxylic acids is 1. The fourth-order valence-corrected chi connectivity index (χ4v) is 1.98. The van der Waals surface area contributed by atoms with Crippen molar-refractivity contribution in [3.63, 3.8) is 0 Å². The van der Waals surface area contributed by atoms with Crippen molar-refractivity contribution in [1.82, 2.24) is 25.1 Å². The maximum atomic E-state index is 12.0. The van der Waals surface area contributed by atoms with E-state index in [-0.39, 0.29) is 19.0 Å². The lowest BCUT2D eigenvalue weighted by atomic mass is 10.2. The summed E-state index contributed by atoms with van der Waals surface area (Å²) in [6.07, 6.45) is 0. The summed E-state index contributed by atoms with van der Waals surface area (Å²) >= 11 is 5.82. The van der Waals surface area contributed by atoms with Gasteiger partial charge in [-0.3, -0.25) is 9.59 Å². The van der Waals surface area contributed by atoms with Gasteiger partial charge < -0.3 is 10.0 Å². The molecular formula is C14H16ClN5O3. The number of hydrogen-bond donors (Lipinski definition) is 1. The van der Waals surface area contributed by atoms with E-state index in [1.807, 2.05) is 0 Å². The molecule has 1 aromatic heterocycles. The van der Waals surface area contributed by atoms with Crippen LogP contribution < -0.4 is 0 Å². The van der Waals surface area contributed by atoms with Gasteiger partial charge >= 0.3 is 5.97 Å². The van der Waals surface area contributed by atoms with Gasteiger partial charge in [-0.15, -0.1) is 10.2 Å². The van der Waals surface area contributed by atoms with E-state index in [0.717, 1.165) is 5.56 Å². The van der Waals surface area contributed by atoms with Crippen molar-refractivity contribution in [2.75, 3.05) is 13.6 Å². The second kappa shape index (κ2) is 7.19. The zero-order valence-electron chi connectivity index (χ0n) is 12.7. The summed E-state index contributed by atoms with van der Waals surface area (Å²) in [5.74, 6) is -1.50. The smallest absolute Gasteiger partial charge is 0.308 e. The van der Waals surface area contributed by atoms with Gasteiger partial charge in [0.25, 0.3) is 0 Å². The molecule has 0 saturated heterocycles. The number of rotatable bonds is 6. The van der Waals surface area contributed by atoms with Gasteiger partial charge in [-0.2, -0.15) is 4.80 Å². The van der Waals surface area contributed by atoms with Crippen molar-refractivity contribution >= 4 is 23.5 Å². The van der Waals surface area contributed by atoms with Crippen molar-refractivity contribution < 1.29 is 14.7 Å². The van der Waals surface area contributed by atoms with Crippen LogP contribution in [0.15, 0.2) is 24.3 Å². The van der Waals surface area contributed by atoms with Gasteiger partial charge in [0.05, 0.1) is 5.92 Å². The molecular weight excluding hydrogens is 322 g/mol. The van der Waals surface area contributed by atoms with E-state index in [1.54, 1.807) is 38.2 Å². The lowest BCUT2D eigenvalue weighted by Crippen LogP contribution is -2.36. The van der Waals surface area contributed by atoms with Gasteiger partial charge in [-0.05, 0) is 29.5 Å². The lowest BCUT2D eigenvalue weighted by Gasteiger charge is -2.18. The van der Waals surface area contributed by atoms with Crippen molar-refractivity contribution in [2.45, 2.75) is 13.5 Å². The van der Waals surface area contributed by atoms with Gasteiger partial charge in [0.2, 0.25) is 11.7 Å². The van der Waals surface area contributed by atoms with Crippen molar-refractivity contribution in [3.05, 3.63) is 29.3 Å². The van der Waals surface area contributed by atoms with Gasteiger partial charge in [0, 0.05) is 24.2 Å². The number of amides is 1. The molecule has 1 atom stereocenters. The van der Waals surface area contributed by atoms with Crippen LogP contribution >= 0.6 is 11.6 Å². The predicted octanol–water partition coefficient (Wildman–Crippen LogP) is 1.17. The molecule has 122 valence electrons. The van der Waals surface area contributed by atoms with Crippen LogP contribution in [0.25, 0.3) is 11.4 Å². The number of likely N-dealkylation sites (N-methyl/N-ethyl adjacent to an activating group) is 1. The van der Waals surface area contributed by atoms with Crippen LogP contribution in [-0.4, -0.2) is 55.7 Å². The van der Waals surface area contributed by atoms with Gasteiger partial charge in [-0.1, -0.05) is 18.5 Å². The Morgan fingerprint density at radius 1 is 1.35 bits per heavy atom. The van der Waals surface area contributed by atoms with Crippen LogP contribution in [0.5, 0.6) is 0 Å². The van der Waals surface area contributed by atoms with Crippen LogP contribution in [0.4, 0.5) is 0 Å². The normalized spacial score (nSPS) is 12.0. The highest BCUT2D eigenvalue weighted by molar-refractivity contribution is 6.30. The molecule has 1 aromatic carbocycles. The molecule has 0 aliphatic rings. The monoisotopic (exact) mass is 337 g/mol. The summed E-state index contributed by atoms with van der Waals surface area (Å²) in [5.41, 5.74) is 0.737. The quantitative estimate of drug-likeness (QED) is 0.849. The molecule has 1 amide bonds. The Bertz CT molecular complexity index is 701. The molecule has 9 heteroatoms. The first kappa shape index (κ1) is 16.9. The molecule has 1 unspecified atom stereocenters. The Morgan fingerprint density at radius 2 is 2.00 bits per heavy atom. The zero-order valence-corrected chi connectivity index (χ0v) is 13.4. The van der Waals surface area contributed by atoms with Crippen LogP contribution in [0.1, 0.15) is 6.92 Å². The number of aliphatic carboxylic acids is 1. The van der Waals surface area contributed by atoms with Crippen LogP contribution in [0.3, 0.4) is 0 Å². The number of carbonyl (C=O) groups is 2. The average Bonchev–Trinajstić information content (AvgIpc) is 2.96. The van der Waals surface area contributed by atoms with Gasteiger partial charge in [0.15, 0.2) is 0 Å². The highest BCUT2D eigenvalue weighted by Crippen LogP contribution is 2.16. The summed E-state index contributed by atoms with van der Waals surface area (Å²) in [7, 11) is 1.54. The fraction of sp³-hybridized carbons (Fsp3) is 0.357. The number of carbonyl (C=O) groups excluding carboxylic acids is 1. The Kier molecular flexibility index (Phi) is 5.28. The second-order valence-corrected chi connectivity index (χ2v) is 5.60. The third-order valence-electron chi connectivity index (χ3n) is 3.23. The first-order valence-corrected chi connectivity index (χ1v) is 7.25. The summed E-state index contributed by atoms with van der Waals surface area (Å²) in [4.78, 5) is 25.4. The number of nitrogens with zero attached hydrogens (tertiary/aromatic N) is 5. The van der Waals surface area contributed by atoms with Crippen molar-refractivity contribution in [3.8, 4) is 11.4 Å². The number of hydrogen-bond acceptors (Lipinski definition) is 5. The van der Waals surface area contributed by atoms with E-state index in [4.69, 9.17) is 16.7 Å². The maximum Gasteiger partial charge on any atom is 0.308 e. The number of aromatic nitrogens is 4. The van der Waals surface area contributed by atoms with Gasteiger partial charge in [0.1, 0.15) is 6.54 Å². The Labute approximate surface area is 137 Å². The van der Waals surface area contributed by atoms with E-state index < -0.39 is 11.9 Å². The fourth-order valence-electron chi connectivity index (χ4n) is 1.86. The van der Waals surface area contributed by atoms with Crippen molar-refractivity contribution in [2.24, 2.45) is 5.92 Å². The third-order valence-corrected chi connectivity index (χ3v) is 3.48. The van der Waals surface area contributed by atoms with Crippen molar-refractivity contribution in [1.29, 1.82) is 0 Å². The molecule has 0 spiro atoms. The van der Waals surface area contributed by atoms with E-state index in [2.05, 4.69) is 15.4 Å². The molecule has 2 rings (SSSR count). The number of tetrazole rings is 1. The molecule has 1 heterocycles. The standard InChI is InChI=1S/C14H16ClN5O3/c1-9(14(22)23)7-19(2)12(21)8-20-17-13(16-18-20)10-3-5-11(15)6-4-10/h3-6,9H,7-8H2,1-2H3,(H,22,23). The average molecular weight is 338 g/mol. The van der Waals surface area contributed by atoms with Gasteiger partial charge in [-0.25, -0.2) is 0 Å². The van der Waals surface area contributed by atoms with Crippen LogP contribution in [-0.2, 0) is 16.1 Å². The Hall–Kier alpha value is -2.48. The summed E-state index contributed by atoms with van der Waals surface area (Å²) in [6.45, 7) is 1.55. The molecule has 0 saturated carbocycles. The minimum Gasteiger partial charge on any atom is -0.481 e. The Morgan fingerprint density at radius 3 is 2.61 bits per heavy atom. The molecule has 0 aliphatic heterocycles. The van der Waals surface area contributed by atoms with E-state index in [0.29, 0.717) is 10.8 Å². The maximum absolute atomic E-state index is 12.0. The topological polar surface area (TPSA) is 101 Å². The van der Waals surface area contributed by atoms with E-state index in [1.165, 1.54) is 9.70 Å². The number of halogens is 1. The Balaban J connectivity index is 1.99. The molecule has 0 bridgehead atoms. The molecule has 23 heavy (non-hydrogen) atoms. The first-order chi connectivity index (χ1) is 10.9. The van der Waals surface area contributed by atoms with Crippen LogP contribution in [0, 0.1) is 5.92 Å². The first-order valence-electron chi connectivity index (χ1n) is 6.87. The number of carboxylic acid groups (broad SMARTS) is 1. The highest BCUT2D eigenvalue weighted by atomic mass is 35.5. The van der Waals surface area contributed by atoms with E-state index >= 15 is 0 Å². The zero-order chi connectivity index (χ0) is 17.0. The highest BCUT2D eigenvalue weighted by Gasteiger charge is 2.18. The van der Waals surface area contributed by atoms with E-state index in [9.17, 15) is 9.59 Å². The number of benzene rings is 1. The molecule has 8 nitrogen and oxygen atoms in total. The molecule has 1 N–H and O–H groups in total. The predicted molar refractivity (Wildman–Crippen MR) is 82.7 cm³/mol. The molecule has 0 aliphatic carbocycles. The minimum atomic E-state index is -0.950. The largest absolute Gasteiger partial charge is 0.481 e. The van der Waals surface area contributed by atoms with Crippen LogP contribution in [0.2, 0.25) is 5.02 Å². The molecule has 2 aromatic rings. The summed E-state index contributed by atoms with van der Waals surface area (Å²) in [6, 6.07) is 6.94. The summed E-state index contributed by atoms with van der Waals surface area (Å²) in [5, 5.41) is 21.3. The SMILES string of the molecule is CC(CN(C)C(=O)Cn1nnc(-c2ccc(Cl)cc2)n1)C(=O)O.